The van der Waals surface area contributed by atoms with Crippen molar-refractivity contribution in [3.8, 4) is 0 Å². The van der Waals surface area contributed by atoms with E-state index in [1.807, 2.05) is 13.8 Å². The van der Waals surface area contributed by atoms with Crippen LogP contribution < -0.4 is 0 Å². The van der Waals surface area contributed by atoms with Crippen LogP contribution in [0.4, 0.5) is 0 Å². The third-order valence-corrected chi connectivity index (χ3v) is 1.59. The Hall–Kier alpha value is -0.760. The molecular formula is C10H15NS. The maximum Gasteiger partial charge on any atom is 0.0658 e. The maximum atomic E-state index is 4.20. The van der Waals surface area contributed by atoms with E-state index < -0.39 is 0 Å². The van der Waals surface area contributed by atoms with Gasteiger partial charge in [-0.2, -0.15) is 12.6 Å². The predicted molar refractivity (Wildman–Crippen MR) is 60.1 cm³/mol. The smallest absolute Gasteiger partial charge is 0.0658 e. The Morgan fingerprint density at radius 2 is 2.08 bits per heavy atom. The molecule has 0 atom stereocenters. The van der Waals surface area contributed by atoms with Crippen LogP contribution in [-0.2, 0) is 0 Å². The molecule has 0 aliphatic carbocycles. The number of allylic oxidation sites excluding steroid dienone is 2. The van der Waals surface area contributed by atoms with Gasteiger partial charge in [0, 0.05) is 12.0 Å². The summed E-state index contributed by atoms with van der Waals surface area (Å²) in [6.07, 6.45) is 3.49. The lowest BCUT2D eigenvalue weighted by atomic mass is 10.2. The summed E-state index contributed by atoms with van der Waals surface area (Å²) in [6.45, 7) is 11.5. The first-order valence-corrected chi connectivity index (χ1v) is 4.37. The van der Waals surface area contributed by atoms with E-state index in [4.69, 9.17) is 0 Å². The summed E-state index contributed by atoms with van der Waals surface area (Å²) in [6, 6.07) is 0. The van der Waals surface area contributed by atoms with E-state index in [2.05, 4.69) is 30.8 Å². The Morgan fingerprint density at radius 3 is 2.42 bits per heavy atom. The van der Waals surface area contributed by atoms with Gasteiger partial charge in [-0.15, -0.1) is 0 Å². The summed E-state index contributed by atoms with van der Waals surface area (Å²) in [5.74, 6) is 0.613. The lowest BCUT2D eigenvalue weighted by Gasteiger charge is -1.99. The Morgan fingerprint density at radius 1 is 1.50 bits per heavy atom. The summed E-state index contributed by atoms with van der Waals surface area (Å²) in [7, 11) is 0. The van der Waals surface area contributed by atoms with E-state index in [9.17, 15) is 0 Å². The number of hydrogen-bond acceptors (Lipinski definition) is 2. The van der Waals surface area contributed by atoms with Crippen molar-refractivity contribution >= 4 is 18.3 Å². The zero-order valence-electron chi connectivity index (χ0n) is 7.67. The summed E-state index contributed by atoms with van der Waals surface area (Å²) in [5, 5.41) is 0. The van der Waals surface area contributed by atoms with Gasteiger partial charge in [0.15, 0.2) is 0 Å². The Kier molecular flexibility index (Phi) is 5.47. The van der Waals surface area contributed by atoms with Gasteiger partial charge in [-0.1, -0.05) is 18.7 Å². The first kappa shape index (κ1) is 11.2. The molecule has 0 aromatic heterocycles. The van der Waals surface area contributed by atoms with Gasteiger partial charge in [-0.3, -0.25) is 4.99 Å². The van der Waals surface area contributed by atoms with Crippen LogP contribution >= 0.6 is 12.6 Å². The van der Waals surface area contributed by atoms with Crippen molar-refractivity contribution in [3.05, 3.63) is 36.6 Å². The molecule has 0 N–H and O–H groups in total. The predicted octanol–water partition coefficient (Wildman–Crippen LogP) is 3.02. The standard InChI is InChI=1S/C10H15NS/c1-5-10(9(4)7-12)11-6-8(2)3/h5-6,12H,1,4,7H2,2-3H3. The second-order valence-corrected chi connectivity index (χ2v) is 3.00. The molecule has 0 aliphatic heterocycles. The lowest BCUT2D eigenvalue weighted by Crippen LogP contribution is -1.97. The Bertz CT molecular complexity index is 232. The van der Waals surface area contributed by atoms with Crippen molar-refractivity contribution in [3.63, 3.8) is 0 Å². The molecule has 0 radical (unpaired) electrons. The molecule has 0 rings (SSSR count). The molecule has 2 heteroatoms. The molecule has 0 heterocycles. The SMILES string of the molecule is C=CC(=NC=C(C)C)C(=C)CS. The molecule has 0 bridgehead atoms. The largest absolute Gasteiger partial charge is 0.257 e. The molecule has 0 unspecified atom stereocenters. The lowest BCUT2D eigenvalue weighted by molar-refractivity contribution is 1.33. The fraction of sp³-hybridized carbons (Fsp3) is 0.300. The number of aliphatic imine (C=N–C) groups is 1. The second kappa shape index (κ2) is 5.84. The van der Waals surface area contributed by atoms with Crippen LogP contribution in [0, 0.1) is 0 Å². The third kappa shape index (κ3) is 4.19. The van der Waals surface area contributed by atoms with E-state index in [0.29, 0.717) is 5.75 Å². The summed E-state index contributed by atoms with van der Waals surface area (Å²) in [5.41, 5.74) is 2.86. The van der Waals surface area contributed by atoms with Crippen molar-refractivity contribution in [2.75, 3.05) is 5.75 Å². The first-order chi connectivity index (χ1) is 5.61. The fourth-order valence-corrected chi connectivity index (χ4v) is 0.730. The minimum Gasteiger partial charge on any atom is -0.257 e. The van der Waals surface area contributed by atoms with Gasteiger partial charge < -0.3 is 0 Å². The number of hydrogen-bond donors (Lipinski definition) is 1. The van der Waals surface area contributed by atoms with E-state index >= 15 is 0 Å². The molecule has 0 amide bonds. The fourth-order valence-electron chi connectivity index (χ4n) is 0.568. The highest BCUT2D eigenvalue weighted by Crippen LogP contribution is 2.01. The van der Waals surface area contributed by atoms with Gasteiger partial charge in [0.2, 0.25) is 0 Å². The summed E-state index contributed by atoms with van der Waals surface area (Å²) < 4.78 is 0. The highest BCUT2D eigenvalue weighted by molar-refractivity contribution is 7.80. The van der Waals surface area contributed by atoms with Gasteiger partial charge in [0.25, 0.3) is 0 Å². The Balaban J connectivity index is 4.55. The molecule has 0 spiro atoms. The summed E-state index contributed by atoms with van der Waals surface area (Å²) in [4.78, 5) is 4.20. The minimum atomic E-state index is 0.613. The topological polar surface area (TPSA) is 12.4 Å². The van der Waals surface area contributed by atoms with E-state index in [1.165, 1.54) is 0 Å². The second-order valence-electron chi connectivity index (χ2n) is 2.69. The molecule has 12 heavy (non-hydrogen) atoms. The zero-order valence-corrected chi connectivity index (χ0v) is 8.56. The Labute approximate surface area is 80.0 Å². The maximum absolute atomic E-state index is 4.20. The number of rotatable bonds is 4. The average molecular weight is 181 g/mol. The third-order valence-electron chi connectivity index (χ3n) is 1.21. The van der Waals surface area contributed by atoms with Crippen molar-refractivity contribution in [2.45, 2.75) is 13.8 Å². The van der Waals surface area contributed by atoms with Crippen molar-refractivity contribution in [1.29, 1.82) is 0 Å². The molecule has 0 saturated heterocycles. The van der Waals surface area contributed by atoms with Gasteiger partial charge in [0.05, 0.1) is 5.71 Å². The van der Waals surface area contributed by atoms with E-state index in [0.717, 1.165) is 16.9 Å². The molecule has 1 nitrogen and oxygen atoms in total. The average Bonchev–Trinajstić information content (AvgIpc) is 2.04. The molecule has 0 fully saturated rings. The van der Waals surface area contributed by atoms with Crippen LogP contribution in [0.25, 0.3) is 0 Å². The van der Waals surface area contributed by atoms with Gasteiger partial charge >= 0.3 is 0 Å². The van der Waals surface area contributed by atoms with Crippen LogP contribution in [0.5, 0.6) is 0 Å². The van der Waals surface area contributed by atoms with Gasteiger partial charge in [-0.25, -0.2) is 0 Å². The zero-order chi connectivity index (χ0) is 9.56. The van der Waals surface area contributed by atoms with E-state index in [-0.39, 0.29) is 0 Å². The van der Waals surface area contributed by atoms with Crippen LogP contribution in [0.3, 0.4) is 0 Å². The van der Waals surface area contributed by atoms with Crippen molar-refractivity contribution < 1.29 is 0 Å². The van der Waals surface area contributed by atoms with Crippen LogP contribution in [0.2, 0.25) is 0 Å². The van der Waals surface area contributed by atoms with Crippen LogP contribution in [0.1, 0.15) is 13.8 Å². The normalized spacial score (nSPS) is 10.8. The molecule has 0 saturated carbocycles. The highest BCUT2D eigenvalue weighted by Gasteiger charge is 1.95. The molecule has 66 valence electrons. The monoisotopic (exact) mass is 181 g/mol. The summed E-state index contributed by atoms with van der Waals surface area (Å²) >= 11 is 4.10. The van der Waals surface area contributed by atoms with Crippen LogP contribution in [0.15, 0.2) is 41.6 Å². The van der Waals surface area contributed by atoms with Crippen molar-refractivity contribution in [1.82, 2.24) is 0 Å². The number of thiol groups is 1. The molecule has 0 aromatic rings. The van der Waals surface area contributed by atoms with Gasteiger partial charge in [-0.05, 0) is 25.5 Å². The van der Waals surface area contributed by atoms with E-state index in [1.54, 1.807) is 12.3 Å². The first-order valence-electron chi connectivity index (χ1n) is 3.74. The quantitative estimate of drug-likeness (QED) is 0.505. The molecular weight excluding hydrogens is 166 g/mol. The molecule has 0 aliphatic rings. The number of nitrogens with zero attached hydrogens (tertiary/aromatic N) is 1. The van der Waals surface area contributed by atoms with Gasteiger partial charge in [0.1, 0.15) is 0 Å². The van der Waals surface area contributed by atoms with Crippen LogP contribution in [-0.4, -0.2) is 11.5 Å². The molecule has 0 aromatic carbocycles. The highest BCUT2D eigenvalue weighted by atomic mass is 32.1. The minimum absolute atomic E-state index is 0.613. The van der Waals surface area contributed by atoms with Crippen molar-refractivity contribution in [2.24, 2.45) is 4.99 Å².